The zero-order chi connectivity index (χ0) is 22.1. The highest BCUT2D eigenvalue weighted by Crippen LogP contribution is 2.36. The molecular weight excluding hydrogens is 424 g/mol. The van der Waals surface area contributed by atoms with Crippen LogP contribution in [0.4, 0.5) is 11.4 Å². The molecule has 0 saturated carbocycles. The van der Waals surface area contributed by atoms with Gasteiger partial charge >= 0.3 is 0 Å². The van der Waals surface area contributed by atoms with Crippen molar-refractivity contribution in [2.75, 3.05) is 6.61 Å². The van der Waals surface area contributed by atoms with E-state index in [0.717, 1.165) is 22.9 Å². The largest absolute Gasteiger partial charge is 0.476 e. The Bertz CT molecular complexity index is 1370. The number of carbonyl (C=O) groups excluding carboxylic acids is 1. The summed E-state index contributed by atoms with van der Waals surface area (Å²) >= 11 is 0.582. The van der Waals surface area contributed by atoms with E-state index in [4.69, 9.17) is 4.74 Å². The number of aromatic nitrogens is 2. The Kier molecular flexibility index (Phi) is 5.26. The van der Waals surface area contributed by atoms with Crippen LogP contribution in [0.1, 0.15) is 17.5 Å². The quantitative estimate of drug-likeness (QED) is 0.242. The van der Waals surface area contributed by atoms with Crippen molar-refractivity contribution in [3.05, 3.63) is 80.8 Å². The molecule has 2 heterocycles. The first-order chi connectivity index (χ1) is 14.9. The van der Waals surface area contributed by atoms with Crippen LogP contribution >= 0.6 is 11.8 Å². The van der Waals surface area contributed by atoms with Crippen LogP contribution in [0.3, 0.4) is 0 Å². The lowest BCUT2D eigenvalue weighted by molar-refractivity contribution is -0.396. The number of pyridine rings is 1. The lowest BCUT2D eigenvalue weighted by Crippen LogP contribution is -2.02. The van der Waals surface area contributed by atoms with Gasteiger partial charge in [0.1, 0.15) is 5.52 Å². The highest BCUT2D eigenvalue weighted by atomic mass is 32.2. The number of fused-ring (bicyclic) bond motifs is 3. The third-order valence-corrected chi connectivity index (χ3v) is 5.45. The molecule has 0 amide bonds. The molecule has 0 spiro atoms. The number of nitro groups is 2. The van der Waals surface area contributed by atoms with Crippen molar-refractivity contribution in [1.29, 1.82) is 0 Å². The van der Waals surface area contributed by atoms with E-state index in [0.29, 0.717) is 23.9 Å². The van der Waals surface area contributed by atoms with E-state index in [9.17, 15) is 25.0 Å². The van der Waals surface area contributed by atoms with Crippen LogP contribution in [0.25, 0.3) is 16.3 Å². The molecule has 2 aromatic heterocycles. The van der Waals surface area contributed by atoms with Gasteiger partial charge in [-0.25, -0.2) is 0 Å². The van der Waals surface area contributed by atoms with E-state index < -0.39 is 26.3 Å². The van der Waals surface area contributed by atoms with Crippen molar-refractivity contribution < 1.29 is 19.4 Å². The molecule has 0 atom stereocenters. The molecule has 0 aliphatic heterocycles. The standard InChI is InChI=1S/C20H14N4O6S/c1-2-30-19-17-14-6-4-3-5-12(14)9-10-22(17)18(21-19)20(25)31-16-8-7-13(23(26)27)11-15(16)24(28)29/h3-11H,2H2,1H3. The Labute approximate surface area is 178 Å². The molecule has 4 rings (SSSR count). The monoisotopic (exact) mass is 438 g/mol. The third-order valence-electron chi connectivity index (χ3n) is 4.51. The van der Waals surface area contributed by atoms with Crippen molar-refractivity contribution in [2.45, 2.75) is 11.8 Å². The maximum absolute atomic E-state index is 13.0. The lowest BCUT2D eigenvalue weighted by atomic mass is 10.1. The molecule has 4 aromatic rings. The number of imidazole rings is 1. The number of non-ortho nitro benzene ring substituents is 1. The fraction of sp³-hybridized carbons (Fsp3) is 0.100. The van der Waals surface area contributed by atoms with E-state index in [1.54, 1.807) is 17.5 Å². The van der Waals surface area contributed by atoms with Gasteiger partial charge in [-0.3, -0.25) is 29.4 Å². The van der Waals surface area contributed by atoms with Crippen LogP contribution in [0.5, 0.6) is 5.88 Å². The molecule has 11 heteroatoms. The minimum absolute atomic E-state index is 0.0175. The van der Waals surface area contributed by atoms with Crippen LogP contribution in [0, 0.1) is 20.2 Å². The molecule has 0 aliphatic carbocycles. The van der Waals surface area contributed by atoms with Crippen LogP contribution in [-0.2, 0) is 0 Å². The number of nitrogens with zero attached hydrogens (tertiary/aromatic N) is 4. The predicted molar refractivity (Wildman–Crippen MR) is 114 cm³/mol. The zero-order valence-corrected chi connectivity index (χ0v) is 16.9. The number of nitro benzene ring substituents is 2. The molecule has 0 bridgehead atoms. The fourth-order valence-electron chi connectivity index (χ4n) is 3.19. The molecule has 10 nitrogen and oxygen atoms in total. The summed E-state index contributed by atoms with van der Waals surface area (Å²) in [6.45, 7) is 2.14. The van der Waals surface area contributed by atoms with Crippen LogP contribution in [0.2, 0.25) is 0 Å². The molecule has 2 aromatic carbocycles. The van der Waals surface area contributed by atoms with Gasteiger partial charge in [0, 0.05) is 17.6 Å². The molecule has 0 fully saturated rings. The second-order valence-electron chi connectivity index (χ2n) is 6.35. The molecule has 0 unspecified atom stereocenters. The Morgan fingerprint density at radius 3 is 2.61 bits per heavy atom. The van der Waals surface area contributed by atoms with Crippen LogP contribution in [0.15, 0.2) is 59.6 Å². The molecule has 0 radical (unpaired) electrons. The van der Waals surface area contributed by atoms with Crippen LogP contribution < -0.4 is 4.74 Å². The SMILES string of the molecule is CCOc1nc(C(=O)Sc2ccc([N+](=O)[O-])cc2[N+](=O)[O-])n2ccc3ccccc3c12. The van der Waals surface area contributed by atoms with Gasteiger partial charge in [0.05, 0.1) is 27.4 Å². The third kappa shape index (κ3) is 3.66. The molecule has 0 N–H and O–H groups in total. The fourth-order valence-corrected chi connectivity index (χ4v) is 4.00. The number of ether oxygens (including phenoxy) is 1. The average molecular weight is 438 g/mol. The minimum Gasteiger partial charge on any atom is -0.476 e. The second-order valence-corrected chi connectivity index (χ2v) is 7.37. The van der Waals surface area contributed by atoms with Crippen molar-refractivity contribution >= 4 is 44.5 Å². The number of thioether (sulfide) groups is 1. The van der Waals surface area contributed by atoms with Gasteiger partial charge in [0.2, 0.25) is 5.88 Å². The van der Waals surface area contributed by atoms with E-state index >= 15 is 0 Å². The van der Waals surface area contributed by atoms with Gasteiger partial charge < -0.3 is 4.74 Å². The minimum atomic E-state index is -0.759. The summed E-state index contributed by atoms with van der Waals surface area (Å²) in [5.74, 6) is 0.309. The Morgan fingerprint density at radius 1 is 1.13 bits per heavy atom. The highest BCUT2D eigenvalue weighted by molar-refractivity contribution is 8.14. The molecule has 156 valence electrons. The number of carbonyl (C=O) groups is 1. The predicted octanol–water partition coefficient (Wildman–Crippen LogP) is 4.64. The average Bonchev–Trinajstić information content (AvgIpc) is 3.13. The second kappa shape index (κ2) is 8.03. The van der Waals surface area contributed by atoms with Crippen molar-refractivity contribution in [3.8, 4) is 5.88 Å². The maximum atomic E-state index is 13.0. The first-order valence-corrected chi connectivity index (χ1v) is 9.90. The lowest BCUT2D eigenvalue weighted by Gasteiger charge is -2.05. The maximum Gasteiger partial charge on any atom is 0.290 e. The summed E-state index contributed by atoms with van der Waals surface area (Å²) in [7, 11) is 0. The van der Waals surface area contributed by atoms with Gasteiger partial charge in [0.15, 0.2) is 5.82 Å². The first kappa shape index (κ1) is 20.3. The summed E-state index contributed by atoms with van der Waals surface area (Å²) < 4.78 is 7.22. The van der Waals surface area contributed by atoms with Crippen molar-refractivity contribution in [3.63, 3.8) is 0 Å². The Morgan fingerprint density at radius 2 is 1.90 bits per heavy atom. The van der Waals surface area contributed by atoms with Gasteiger partial charge in [-0.1, -0.05) is 24.3 Å². The number of benzene rings is 2. The first-order valence-electron chi connectivity index (χ1n) is 9.08. The Balaban J connectivity index is 1.81. The van der Waals surface area contributed by atoms with Gasteiger partial charge in [-0.15, -0.1) is 0 Å². The van der Waals surface area contributed by atoms with E-state index in [1.807, 2.05) is 30.3 Å². The van der Waals surface area contributed by atoms with E-state index in [-0.39, 0.29) is 16.6 Å². The van der Waals surface area contributed by atoms with E-state index in [2.05, 4.69) is 4.98 Å². The summed E-state index contributed by atoms with van der Waals surface area (Å²) in [6, 6.07) is 12.5. The van der Waals surface area contributed by atoms with E-state index in [1.165, 1.54) is 6.07 Å². The number of rotatable bonds is 6. The Hall–Kier alpha value is -3.99. The van der Waals surface area contributed by atoms with Crippen LogP contribution in [-0.4, -0.2) is 31.0 Å². The normalized spacial score (nSPS) is 11.0. The zero-order valence-electron chi connectivity index (χ0n) is 16.0. The van der Waals surface area contributed by atoms with Gasteiger partial charge in [-0.05, 0) is 36.2 Å². The highest BCUT2D eigenvalue weighted by Gasteiger charge is 2.26. The summed E-state index contributed by atoms with van der Waals surface area (Å²) in [4.78, 5) is 38.2. The van der Waals surface area contributed by atoms with Crippen molar-refractivity contribution in [1.82, 2.24) is 9.38 Å². The van der Waals surface area contributed by atoms with Gasteiger partial charge in [0.25, 0.3) is 16.5 Å². The summed E-state index contributed by atoms with van der Waals surface area (Å²) in [5.41, 5.74) is -0.342. The topological polar surface area (TPSA) is 130 Å². The molecular formula is C20H14N4O6S. The summed E-state index contributed by atoms with van der Waals surface area (Å²) in [5, 5.41) is 23.5. The number of hydrogen-bond donors (Lipinski definition) is 0. The summed E-state index contributed by atoms with van der Waals surface area (Å²) in [6.07, 6.45) is 1.69. The number of hydrogen-bond acceptors (Lipinski definition) is 8. The smallest absolute Gasteiger partial charge is 0.290 e. The molecule has 0 saturated heterocycles. The van der Waals surface area contributed by atoms with Crippen molar-refractivity contribution in [2.24, 2.45) is 0 Å². The molecule has 0 aliphatic rings. The molecule has 31 heavy (non-hydrogen) atoms. The van der Waals surface area contributed by atoms with Gasteiger partial charge in [-0.2, -0.15) is 4.98 Å².